The molecule has 1 aliphatic rings. The van der Waals surface area contributed by atoms with E-state index in [0.717, 1.165) is 60.7 Å². The number of carbonyl (C=O) groups excluding carboxylic acids is 1. The van der Waals surface area contributed by atoms with Gasteiger partial charge in [-0.25, -0.2) is 14.4 Å². The summed E-state index contributed by atoms with van der Waals surface area (Å²) in [6.45, 7) is 4.11. The van der Waals surface area contributed by atoms with Crippen LogP contribution in [0.2, 0.25) is 0 Å². The largest absolute Gasteiger partial charge is 0.438 e. The van der Waals surface area contributed by atoms with Gasteiger partial charge in [0, 0.05) is 38.2 Å². The predicted molar refractivity (Wildman–Crippen MR) is 125 cm³/mol. The van der Waals surface area contributed by atoms with E-state index in [1.54, 1.807) is 12.1 Å². The second kappa shape index (κ2) is 10.1. The number of halogens is 1. The van der Waals surface area contributed by atoms with Crippen LogP contribution >= 0.6 is 0 Å². The Labute approximate surface area is 196 Å². The summed E-state index contributed by atoms with van der Waals surface area (Å²) >= 11 is 0. The van der Waals surface area contributed by atoms with Gasteiger partial charge in [0.15, 0.2) is 0 Å². The average Bonchev–Trinajstić information content (AvgIpc) is 3.26. The summed E-state index contributed by atoms with van der Waals surface area (Å²) in [7, 11) is 0. The first-order valence-corrected chi connectivity index (χ1v) is 11.3. The number of benzene rings is 2. The molecule has 1 fully saturated rings. The van der Waals surface area contributed by atoms with Crippen LogP contribution < -0.4 is 4.74 Å². The minimum absolute atomic E-state index is 0.0675. The number of morpholine rings is 1. The van der Waals surface area contributed by atoms with Gasteiger partial charge in [-0.3, -0.25) is 9.69 Å². The molecule has 0 radical (unpaired) electrons. The third-order valence-corrected chi connectivity index (χ3v) is 5.80. The molecule has 0 spiro atoms. The monoisotopic (exact) mass is 460 g/mol. The smallest absolute Gasteiger partial charge is 0.231 e. The van der Waals surface area contributed by atoms with Crippen molar-refractivity contribution in [3.63, 3.8) is 0 Å². The minimum atomic E-state index is -0.305. The summed E-state index contributed by atoms with van der Waals surface area (Å²) in [5.41, 5.74) is 3.48. The molecule has 0 saturated carbocycles. The number of carbonyl (C=O) groups is 1. The molecule has 4 aromatic rings. The second-order valence-electron chi connectivity index (χ2n) is 8.39. The lowest BCUT2D eigenvalue weighted by molar-refractivity contribution is -0.117. The van der Waals surface area contributed by atoms with Gasteiger partial charge >= 0.3 is 0 Å². The van der Waals surface area contributed by atoms with Crippen molar-refractivity contribution in [3.8, 4) is 11.6 Å². The van der Waals surface area contributed by atoms with E-state index in [-0.39, 0.29) is 18.0 Å². The number of nitrogens with zero attached hydrogens (tertiary/aromatic N) is 3. The molecule has 0 atom stereocenters. The zero-order chi connectivity index (χ0) is 23.3. The SMILES string of the molecule is O=C(Cc1ccc(F)cc1)Cc1ccc(Oc2ncnc3[nH]c(CN4CCOCC4)cc23)cc1. The van der Waals surface area contributed by atoms with Crippen molar-refractivity contribution in [1.82, 2.24) is 19.9 Å². The van der Waals surface area contributed by atoms with Gasteiger partial charge in [-0.05, 0) is 41.5 Å². The summed E-state index contributed by atoms with van der Waals surface area (Å²) < 4.78 is 24.5. The van der Waals surface area contributed by atoms with Crippen molar-refractivity contribution in [2.24, 2.45) is 0 Å². The second-order valence-corrected chi connectivity index (χ2v) is 8.39. The van der Waals surface area contributed by atoms with Crippen molar-refractivity contribution >= 4 is 16.8 Å². The van der Waals surface area contributed by atoms with Crippen molar-refractivity contribution in [2.75, 3.05) is 26.3 Å². The third-order valence-electron chi connectivity index (χ3n) is 5.80. The molecular formula is C26H25FN4O3. The fourth-order valence-electron chi connectivity index (χ4n) is 4.05. The van der Waals surface area contributed by atoms with Gasteiger partial charge in [0.2, 0.25) is 5.88 Å². The van der Waals surface area contributed by atoms with Crippen LogP contribution in [0.4, 0.5) is 4.39 Å². The number of hydrogen-bond acceptors (Lipinski definition) is 6. The number of nitrogens with one attached hydrogen (secondary N) is 1. The Hall–Kier alpha value is -3.62. The van der Waals surface area contributed by atoms with Crippen LogP contribution in [0, 0.1) is 5.82 Å². The van der Waals surface area contributed by atoms with E-state index in [4.69, 9.17) is 9.47 Å². The lowest BCUT2D eigenvalue weighted by atomic mass is 10.0. The minimum Gasteiger partial charge on any atom is -0.438 e. The predicted octanol–water partition coefficient (Wildman–Crippen LogP) is 4.08. The number of aromatic nitrogens is 3. The van der Waals surface area contributed by atoms with Gasteiger partial charge in [-0.1, -0.05) is 24.3 Å². The van der Waals surface area contributed by atoms with Gasteiger partial charge in [0.05, 0.1) is 18.6 Å². The van der Waals surface area contributed by atoms with Crippen molar-refractivity contribution < 1.29 is 18.7 Å². The van der Waals surface area contributed by atoms with Crippen LogP contribution in [0.3, 0.4) is 0 Å². The molecule has 174 valence electrons. The van der Waals surface area contributed by atoms with Crippen LogP contribution in [0.1, 0.15) is 16.8 Å². The van der Waals surface area contributed by atoms with Gasteiger partial charge in [0.25, 0.3) is 0 Å². The number of H-pyrrole nitrogens is 1. The van der Waals surface area contributed by atoms with E-state index in [2.05, 4.69) is 19.9 Å². The highest BCUT2D eigenvalue weighted by Crippen LogP contribution is 2.28. The molecule has 1 aliphatic heterocycles. The third kappa shape index (κ3) is 5.47. The molecule has 7 nitrogen and oxygen atoms in total. The molecule has 2 aromatic carbocycles. The fourth-order valence-corrected chi connectivity index (χ4v) is 4.05. The fraction of sp³-hybridized carbons (Fsp3) is 0.269. The van der Waals surface area contributed by atoms with Crippen molar-refractivity contribution in [2.45, 2.75) is 19.4 Å². The highest BCUT2D eigenvalue weighted by Gasteiger charge is 2.15. The molecule has 2 aromatic heterocycles. The number of ketones is 1. The highest BCUT2D eigenvalue weighted by atomic mass is 19.1. The van der Waals surface area contributed by atoms with Crippen LogP contribution in [0.15, 0.2) is 60.9 Å². The Morgan fingerprint density at radius 1 is 1.00 bits per heavy atom. The summed E-state index contributed by atoms with van der Waals surface area (Å²) in [6.07, 6.45) is 2.06. The molecule has 1 saturated heterocycles. The van der Waals surface area contributed by atoms with Gasteiger partial charge in [0.1, 0.15) is 29.3 Å². The van der Waals surface area contributed by atoms with E-state index in [0.29, 0.717) is 18.1 Å². The number of fused-ring (bicyclic) bond motifs is 1. The van der Waals surface area contributed by atoms with Crippen LogP contribution in [0.5, 0.6) is 11.6 Å². The zero-order valence-electron chi connectivity index (χ0n) is 18.7. The maximum absolute atomic E-state index is 13.0. The molecule has 1 N–H and O–H groups in total. The molecule has 5 rings (SSSR count). The lowest BCUT2D eigenvalue weighted by Gasteiger charge is -2.25. The van der Waals surface area contributed by atoms with Crippen LogP contribution in [-0.2, 0) is 28.9 Å². The van der Waals surface area contributed by atoms with Crippen LogP contribution in [0.25, 0.3) is 11.0 Å². The molecule has 8 heteroatoms. The van der Waals surface area contributed by atoms with E-state index >= 15 is 0 Å². The average molecular weight is 461 g/mol. The maximum Gasteiger partial charge on any atom is 0.231 e. The zero-order valence-corrected chi connectivity index (χ0v) is 18.7. The van der Waals surface area contributed by atoms with Crippen molar-refractivity contribution in [1.29, 1.82) is 0 Å². The van der Waals surface area contributed by atoms with E-state index in [9.17, 15) is 9.18 Å². The number of rotatable bonds is 8. The molecule has 3 heterocycles. The summed E-state index contributed by atoms with van der Waals surface area (Å²) in [5, 5.41) is 0.823. The molecular weight excluding hydrogens is 435 g/mol. The van der Waals surface area contributed by atoms with E-state index < -0.39 is 0 Å². The standard InChI is InChI=1S/C26H25FN4O3/c27-20-5-1-18(2-6-20)13-22(32)14-19-3-7-23(8-4-19)34-26-24-15-21(30-25(24)28-17-29-26)16-31-9-11-33-12-10-31/h1-8,15,17H,9-14,16H2,(H,28,29,30). The normalized spacial score (nSPS) is 14.4. The van der Waals surface area contributed by atoms with Gasteiger partial charge in [-0.2, -0.15) is 0 Å². The molecule has 0 bridgehead atoms. The number of aromatic amines is 1. The quantitative estimate of drug-likeness (QED) is 0.427. The molecule has 0 unspecified atom stereocenters. The lowest BCUT2D eigenvalue weighted by Crippen LogP contribution is -2.35. The maximum atomic E-state index is 13.0. The van der Waals surface area contributed by atoms with Gasteiger partial charge < -0.3 is 14.5 Å². The molecule has 0 amide bonds. The van der Waals surface area contributed by atoms with E-state index in [1.807, 2.05) is 30.3 Å². The number of ether oxygens (including phenoxy) is 2. The highest BCUT2D eigenvalue weighted by molar-refractivity contribution is 5.83. The Kier molecular flexibility index (Phi) is 6.60. The van der Waals surface area contributed by atoms with Gasteiger partial charge in [-0.15, -0.1) is 0 Å². The summed E-state index contributed by atoms with van der Waals surface area (Å²) in [6, 6.07) is 15.5. The first-order valence-electron chi connectivity index (χ1n) is 11.3. The van der Waals surface area contributed by atoms with Crippen LogP contribution in [-0.4, -0.2) is 51.9 Å². The topological polar surface area (TPSA) is 80.3 Å². The van der Waals surface area contributed by atoms with Crippen molar-refractivity contribution in [3.05, 3.63) is 83.6 Å². The Bertz CT molecular complexity index is 1270. The Balaban J connectivity index is 1.23. The summed E-state index contributed by atoms with van der Waals surface area (Å²) in [4.78, 5) is 26.7. The molecule has 34 heavy (non-hydrogen) atoms. The number of hydrogen-bond donors (Lipinski definition) is 1. The Morgan fingerprint density at radius 2 is 1.68 bits per heavy atom. The Morgan fingerprint density at radius 3 is 2.38 bits per heavy atom. The number of Topliss-reactive ketones (excluding diaryl/α,β-unsaturated/α-hetero) is 1. The first kappa shape index (κ1) is 22.2. The van der Waals surface area contributed by atoms with E-state index in [1.165, 1.54) is 18.5 Å². The first-order chi connectivity index (χ1) is 16.6. The molecule has 0 aliphatic carbocycles. The summed E-state index contributed by atoms with van der Waals surface area (Å²) in [5.74, 6) is 0.874.